The summed E-state index contributed by atoms with van der Waals surface area (Å²) in [5.74, 6) is 1.09. The van der Waals surface area contributed by atoms with Gasteiger partial charge in [-0.05, 0) is 26.3 Å². The summed E-state index contributed by atoms with van der Waals surface area (Å²) in [6.45, 7) is 6.14. The SMILES string of the molecule is CCCC(C)NC(=O)CCc1nc(-c2cccc(C)c2)no1. The Hall–Kier alpha value is -2.17. The Bertz CT molecular complexity index is 622. The Morgan fingerprint density at radius 2 is 2.23 bits per heavy atom. The van der Waals surface area contributed by atoms with Gasteiger partial charge in [-0.1, -0.05) is 42.3 Å². The lowest BCUT2D eigenvalue weighted by molar-refractivity contribution is -0.121. The third-order valence-corrected chi connectivity index (χ3v) is 3.44. The van der Waals surface area contributed by atoms with Crippen LogP contribution in [-0.2, 0) is 11.2 Å². The minimum Gasteiger partial charge on any atom is -0.354 e. The molecule has 2 rings (SSSR count). The van der Waals surface area contributed by atoms with Gasteiger partial charge in [-0.2, -0.15) is 4.98 Å². The van der Waals surface area contributed by atoms with Crippen molar-refractivity contribution < 1.29 is 9.32 Å². The number of rotatable bonds is 7. The normalized spacial score (nSPS) is 12.1. The molecule has 1 N–H and O–H groups in total. The van der Waals surface area contributed by atoms with Crippen LogP contribution in [0, 0.1) is 6.92 Å². The van der Waals surface area contributed by atoms with Crippen molar-refractivity contribution in [3.63, 3.8) is 0 Å². The van der Waals surface area contributed by atoms with Crippen molar-refractivity contribution in [2.45, 2.75) is 52.5 Å². The molecule has 1 heterocycles. The number of hydrogen-bond donors (Lipinski definition) is 1. The van der Waals surface area contributed by atoms with Crippen molar-refractivity contribution in [2.75, 3.05) is 0 Å². The van der Waals surface area contributed by atoms with Crippen LogP contribution in [0.1, 0.15) is 44.6 Å². The van der Waals surface area contributed by atoms with E-state index in [0.717, 1.165) is 24.0 Å². The number of aryl methyl sites for hydroxylation is 2. The van der Waals surface area contributed by atoms with Crippen molar-refractivity contribution in [2.24, 2.45) is 0 Å². The fourth-order valence-corrected chi connectivity index (χ4v) is 2.33. The quantitative estimate of drug-likeness (QED) is 0.852. The molecular weight excluding hydrogens is 278 g/mol. The average molecular weight is 301 g/mol. The molecule has 0 fully saturated rings. The van der Waals surface area contributed by atoms with Crippen molar-refractivity contribution in [1.29, 1.82) is 0 Å². The number of hydrogen-bond acceptors (Lipinski definition) is 4. The second kappa shape index (κ2) is 7.73. The Balaban J connectivity index is 1.88. The highest BCUT2D eigenvalue weighted by molar-refractivity contribution is 5.76. The lowest BCUT2D eigenvalue weighted by Gasteiger charge is -2.11. The predicted octanol–water partition coefficient (Wildman–Crippen LogP) is 3.28. The highest BCUT2D eigenvalue weighted by Gasteiger charge is 2.12. The fraction of sp³-hybridized carbons (Fsp3) is 0.471. The molecule has 118 valence electrons. The van der Waals surface area contributed by atoms with Gasteiger partial charge in [0.1, 0.15) is 0 Å². The summed E-state index contributed by atoms with van der Waals surface area (Å²) >= 11 is 0. The van der Waals surface area contributed by atoms with Crippen LogP contribution in [0.5, 0.6) is 0 Å². The smallest absolute Gasteiger partial charge is 0.227 e. The molecule has 22 heavy (non-hydrogen) atoms. The highest BCUT2D eigenvalue weighted by Crippen LogP contribution is 2.17. The zero-order chi connectivity index (χ0) is 15.9. The summed E-state index contributed by atoms with van der Waals surface area (Å²) in [4.78, 5) is 16.2. The molecule has 0 radical (unpaired) electrons. The molecule has 0 aliphatic rings. The van der Waals surface area contributed by atoms with Crippen molar-refractivity contribution in [3.05, 3.63) is 35.7 Å². The Labute approximate surface area is 131 Å². The van der Waals surface area contributed by atoms with Crippen LogP contribution in [0.4, 0.5) is 0 Å². The zero-order valence-electron chi connectivity index (χ0n) is 13.4. The molecule has 5 nitrogen and oxygen atoms in total. The molecule has 1 aromatic heterocycles. The molecule has 0 aliphatic carbocycles. The topological polar surface area (TPSA) is 68.0 Å². The monoisotopic (exact) mass is 301 g/mol. The molecule has 1 aromatic carbocycles. The molecule has 1 unspecified atom stereocenters. The van der Waals surface area contributed by atoms with Gasteiger partial charge in [-0.25, -0.2) is 0 Å². The minimum absolute atomic E-state index is 0.0243. The van der Waals surface area contributed by atoms with Crippen LogP contribution >= 0.6 is 0 Å². The predicted molar refractivity (Wildman–Crippen MR) is 85.3 cm³/mol. The molecule has 1 amide bonds. The van der Waals surface area contributed by atoms with Crippen molar-refractivity contribution in [3.8, 4) is 11.4 Å². The molecule has 0 saturated heterocycles. The van der Waals surface area contributed by atoms with Gasteiger partial charge >= 0.3 is 0 Å². The van der Waals surface area contributed by atoms with Crippen molar-refractivity contribution in [1.82, 2.24) is 15.5 Å². The number of nitrogens with one attached hydrogen (secondary N) is 1. The summed E-state index contributed by atoms with van der Waals surface area (Å²) in [7, 11) is 0. The van der Waals surface area contributed by atoms with Gasteiger partial charge in [-0.15, -0.1) is 0 Å². The number of aromatic nitrogens is 2. The summed E-state index contributed by atoms with van der Waals surface area (Å²) in [6.07, 6.45) is 2.88. The maximum Gasteiger partial charge on any atom is 0.227 e. The summed E-state index contributed by atoms with van der Waals surface area (Å²) < 4.78 is 5.22. The largest absolute Gasteiger partial charge is 0.354 e. The van der Waals surface area contributed by atoms with Gasteiger partial charge in [0.05, 0.1) is 0 Å². The zero-order valence-corrected chi connectivity index (χ0v) is 13.4. The maximum absolute atomic E-state index is 11.8. The maximum atomic E-state index is 11.8. The van der Waals surface area contributed by atoms with Crippen LogP contribution in [0.25, 0.3) is 11.4 Å². The van der Waals surface area contributed by atoms with Gasteiger partial charge in [0, 0.05) is 24.4 Å². The number of carbonyl (C=O) groups excluding carboxylic acids is 1. The van der Waals surface area contributed by atoms with E-state index in [-0.39, 0.29) is 11.9 Å². The molecule has 0 spiro atoms. The lowest BCUT2D eigenvalue weighted by atomic mass is 10.1. The van der Waals surface area contributed by atoms with Gasteiger partial charge < -0.3 is 9.84 Å². The molecule has 0 aliphatic heterocycles. The van der Waals surface area contributed by atoms with Crippen LogP contribution in [0.15, 0.2) is 28.8 Å². The summed E-state index contributed by atoms with van der Waals surface area (Å²) in [6, 6.07) is 8.15. The van der Waals surface area contributed by atoms with Crippen molar-refractivity contribution >= 4 is 5.91 Å². The molecular formula is C17H23N3O2. The van der Waals surface area contributed by atoms with E-state index < -0.39 is 0 Å². The lowest BCUT2D eigenvalue weighted by Crippen LogP contribution is -2.32. The number of benzene rings is 1. The number of nitrogens with zero attached hydrogens (tertiary/aromatic N) is 2. The minimum atomic E-state index is 0.0243. The molecule has 0 bridgehead atoms. The van der Waals surface area contributed by atoms with E-state index in [1.807, 2.05) is 38.1 Å². The summed E-state index contributed by atoms with van der Waals surface area (Å²) in [5.41, 5.74) is 2.07. The Kier molecular flexibility index (Phi) is 5.69. The van der Waals surface area contributed by atoms with E-state index in [1.165, 1.54) is 0 Å². The average Bonchev–Trinajstić information content (AvgIpc) is 2.94. The standard InChI is InChI=1S/C17H23N3O2/c1-4-6-13(3)18-15(21)9-10-16-19-17(20-22-16)14-8-5-7-12(2)11-14/h5,7-8,11,13H,4,6,9-10H2,1-3H3,(H,18,21). The van der Waals surface area contributed by atoms with Crippen LogP contribution < -0.4 is 5.32 Å². The van der Waals surface area contributed by atoms with Gasteiger partial charge in [0.15, 0.2) is 0 Å². The van der Waals surface area contributed by atoms with E-state index >= 15 is 0 Å². The van der Waals surface area contributed by atoms with Gasteiger partial charge in [0.25, 0.3) is 0 Å². The van der Waals surface area contributed by atoms with Crippen LogP contribution in [0.3, 0.4) is 0 Å². The Morgan fingerprint density at radius 1 is 1.41 bits per heavy atom. The second-order valence-electron chi connectivity index (χ2n) is 5.64. The first-order chi connectivity index (χ1) is 10.6. The summed E-state index contributed by atoms with van der Waals surface area (Å²) in [5, 5.41) is 6.95. The first-order valence-electron chi connectivity index (χ1n) is 7.77. The first-order valence-corrected chi connectivity index (χ1v) is 7.77. The fourth-order valence-electron chi connectivity index (χ4n) is 2.33. The van der Waals surface area contributed by atoms with Gasteiger partial charge in [-0.3, -0.25) is 4.79 Å². The molecule has 0 saturated carbocycles. The van der Waals surface area contributed by atoms with E-state index in [1.54, 1.807) is 0 Å². The van der Waals surface area contributed by atoms with E-state index in [2.05, 4.69) is 22.4 Å². The third-order valence-electron chi connectivity index (χ3n) is 3.44. The number of carbonyl (C=O) groups is 1. The molecule has 1 atom stereocenters. The van der Waals surface area contributed by atoms with Crippen LogP contribution in [0.2, 0.25) is 0 Å². The third kappa shape index (κ3) is 4.69. The Morgan fingerprint density at radius 3 is 2.95 bits per heavy atom. The number of amides is 1. The molecule has 5 heteroatoms. The first kappa shape index (κ1) is 16.2. The second-order valence-corrected chi connectivity index (χ2v) is 5.64. The van der Waals surface area contributed by atoms with Gasteiger partial charge in [0.2, 0.25) is 17.6 Å². The van der Waals surface area contributed by atoms with E-state index in [0.29, 0.717) is 24.6 Å². The highest BCUT2D eigenvalue weighted by atomic mass is 16.5. The van der Waals surface area contributed by atoms with E-state index in [9.17, 15) is 4.79 Å². The van der Waals surface area contributed by atoms with Crippen LogP contribution in [-0.4, -0.2) is 22.1 Å². The molecule has 2 aromatic rings. The van der Waals surface area contributed by atoms with E-state index in [4.69, 9.17) is 4.52 Å².